The first-order valence-electron chi connectivity index (χ1n) is 4.89. The molecule has 0 aliphatic carbocycles. The summed E-state index contributed by atoms with van der Waals surface area (Å²) in [5.74, 6) is 0. The van der Waals surface area contributed by atoms with Gasteiger partial charge in [-0.3, -0.25) is 0 Å². The van der Waals surface area contributed by atoms with Gasteiger partial charge in [0.1, 0.15) is 0 Å². The Hall–Kier alpha value is -1.49. The van der Waals surface area contributed by atoms with Crippen LogP contribution in [0, 0.1) is 0 Å². The van der Waals surface area contributed by atoms with Gasteiger partial charge in [0.05, 0.1) is 5.56 Å². The molecule has 2 rings (SSSR count). The van der Waals surface area contributed by atoms with E-state index in [9.17, 15) is 13.2 Å². The molecule has 1 aromatic heterocycles. The molecule has 0 aliphatic heterocycles. The van der Waals surface area contributed by atoms with Crippen LogP contribution in [0.15, 0.2) is 24.4 Å². The van der Waals surface area contributed by atoms with Crippen LogP contribution in [0.4, 0.5) is 13.2 Å². The van der Waals surface area contributed by atoms with Gasteiger partial charge in [0, 0.05) is 17.1 Å². The van der Waals surface area contributed by atoms with Gasteiger partial charge in [-0.05, 0) is 30.7 Å². The molecule has 2 nitrogen and oxygen atoms in total. The number of aromatic nitrogens is 1. The molecule has 1 aromatic carbocycles. The van der Waals surface area contributed by atoms with E-state index in [0.29, 0.717) is 18.5 Å². The van der Waals surface area contributed by atoms with Crippen molar-refractivity contribution < 1.29 is 13.2 Å². The first kappa shape index (κ1) is 11.0. The zero-order valence-electron chi connectivity index (χ0n) is 8.43. The van der Waals surface area contributed by atoms with Crippen molar-refractivity contribution >= 4 is 10.9 Å². The van der Waals surface area contributed by atoms with Crippen LogP contribution >= 0.6 is 0 Å². The lowest BCUT2D eigenvalue weighted by molar-refractivity contribution is -0.137. The highest BCUT2D eigenvalue weighted by Gasteiger charge is 2.30. The fourth-order valence-electron chi connectivity index (χ4n) is 1.72. The van der Waals surface area contributed by atoms with Crippen LogP contribution in [0.2, 0.25) is 0 Å². The number of hydrogen-bond donors (Lipinski definition) is 2. The number of H-pyrrole nitrogens is 1. The fraction of sp³-hybridized carbons (Fsp3) is 0.273. The second kappa shape index (κ2) is 3.83. The average Bonchev–Trinajstić information content (AvgIpc) is 2.60. The Balaban J connectivity index is 2.49. The van der Waals surface area contributed by atoms with E-state index in [0.717, 1.165) is 23.1 Å². The van der Waals surface area contributed by atoms with Crippen LogP contribution in [0.3, 0.4) is 0 Å². The summed E-state index contributed by atoms with van der Waals surface area (Å²) in [6.45, 7) is 0.480. The van der Waals surface area contributed by atoms with Gasteiger partial charge in [0.2, 0.25) is 0 Å². The molecule has 0 spiro atoms. The molecule has 0 amide bonds. The van der Waals surface area contributed by atoms with Gasteiger partial charge < -0.3 is 10.7 Å². The summed E-state index contributed by atoms with van der Waals surface area (Å²) < 4.78 is 37.3. The Bertz CT molecular complexity index is 499. The lowest BCUT2D eigenvalue weighted by Gasteiger charge is -2.06. The number of nitrogens with one attached hydrogen (secondary N) is 1. The number of halogens is 3. The number of aromatic amines is 1. The molecule has 16 heavy (non-hydrogen) atoms. The Morgan fingerprint density at radius 2 is 2.00 bits per heavy atom. The Morgan fingerprint density at radius 1 is 1.25 bits per heavy atom. The predicted octanol–water partition coefficient (Wildman–Crippen LogP) is 2.69. The second-order valence-electron chi connectivity index (χ2n) is 3.61. The summed E-state index contributed by atoms with van der Waals surface area (Å²) in [7, 11) is 0. The quantitative estimate of drug-likeness (QED) is 0.815. The third-order valence-corrected chi connectivity index (χ3v) is 2.51. The third kappa shape index (κ3) is 1.90. The highest BCUT2D eigenvalue weighted by Crippen LogP contribution is 2.31. The van der Waals surface area contributed by atoms with Crippen LogP contribution in [0.1, 0.15) is 11.1 Å². The van der Waals surface area contributed by atoms with Crippen LogP contribution in [-0.4, -0.2) is 11.5 Å². The smallest absolute Gasteiger partial charge is 0.361 e. The molecular weight excluding hydrogens is 217 g/mol. The maximum atomic E-state index is 12.4. The first-order valence-corrected chi connectivity index (χ1v) is 4.89. The molecule has 0 fully saturated rings. The van der Waals surface area contributed by atoms with Gasteiger partial charge in [-0.1, -0.05) is 6.07 Å². The molecule has 5 heteroatoms. The lowest BCUT2D eigenvalue weighted by Crippen LogP contribution is -2.04. The fourth-order valence-corrected chi connectivity index (χ4v) is 1.72. The standard InChI is InChI=1S/C11H11F3N2/c12-11(13,14)8-1-2-9-7(3-4-15)6-16-10(9)5-8/h1-2,5-6,16H,3-4,15H2. The van der Waals surface area contributed by atoms with Gasteiger partial charge >= 0.3 is 6.18 Å². The van der Waals surface area contributed by atoms with E-state index < -0.39 is 11.7 Å². The second-order valence-corrected chi connectivity index (χ2v) is 3.61. The topological polar surface area (TPSA) is 41.8 Å². The van der Waals surface area contributed by atoms with Gasteiger partial charge in [0.25, 0.3) is 0 Å². The summed E-state index contributed by atoms with van der Waals surface area (Å²) in [6.07, 6.45) is -1.93. The average molecular weight is 228 g/mol. The molecule has 0 unspecified atom stereocenters. The van der Waals surface area contributed by atoms with E-state index in [-0.39, 0.29) is 0 Å². The molecule has 0 aliphatic rings. The van der Waals surface area contributed by atoms with Crippen molar-refractivity contribution in [1.29, 1.82) is 0 Å². The molecule has 3 N–H and O–H groups in total. The number of benzene rings is 1. The van der Waals surface area contributed by atoms with E-state index >= 15 is 0 Å². The minimum Gasteiger partial charge on any atom is -0.361 e. The monoisotopic (exact) mass is 228 g/mol. The van der Waals surface area contributed by atoms with Crippen LogP contribution < -0.4 is 5.73 Å². The van der Waals surface area contributed by atoms with E-state index in [2.05, 4.69) is 4.98 Å². The van der Waals surface area contributed by atoms with E-state index in [1.54, 1.807) is 6.20 Å². The minimum absolute atomic E-state index is 0.480. The molecule has 86 valence electrons. The highest BCUT2D eigenvalue weighted by molar-refractivity contribution is 5.83. The predicted molar refractivity (Wildman–Crippen MR) is 56.1 cm³/mol. The first-order chi connectivity index (χ1) is 7.52. The van der Waals surface area contributed by atoms with Crippen molar-refractivity contribution in [1.82, 2.24) is 4.98 Å². The Kier molecular flexibility index (Phi) is 2.63. The summed E-state index contributed by atoms with van der Waals surface area (Å²) in [5, 5.41) is 0.804. The maximum Gasteiger partial charge on any atom is 0.416 e. The zero-order valence-corrected chi connectivity index (χ0v) is 8.43. The van der Waals surface area contributed by atoms with Crippen molar-refractivity contribution in [3.05, 3.63) is 35.5 Å². The van der Waals surface area contributed by atoms with Crippen LogP contribution in [0.25, 0.3) is 10.9 Å². The van der Waals surface area contributed by atoms with Gasteiger partial charge in [0.15, 0.2) is 0 Å². The number of nitrogens with two attached hydrogens (primary N) is 1. The Labute approximate surface area is 90.3 Å². The highest BCUT2D eigenvalue weighted by atomic mass is 19.4. The largest absolute Gasteiger partial charge is 0.416 e. The molecule has 0 atom stereocenters. The minimum atomic E-state index is -4.30. The number of fused-ring (bicyclic) bond motifs is 1. The van der Waals surface area contributed by atoms with E-state index in [1.165, 1.54) is 6.07 Å². The zero-order chi connectivity index (χ0) is 11.8. The molecule has 0 radical (unpaired) electrons. The van der Waals surface area contributed by atoms with E-state index in [1.807, 2.05) is 0 Å². The SMILES string of the molecule is NCCc1c[nH]c2cc(C(F)(F)F)ccc12. The van der Waals surface area contributed by atoms with E-state index in [4.69, 9.17) is 5.73 Å². The summed E-state index contributed by atoms with van der Waals surface area (Å²) >= 11 is 0. The lowest BCUT2D eigenvalue weighted by atomic mass is 10.1. The number of alkyl halides is 3. The van der Waals surface area contributed by atoms with Crippen LogP contribution in [-0.2, 0) is 12.6 Å². The van der Waals surface area contributed by atoms with Crippen molar-refractivity contribution in [3.8, 4) is 0 Å². The molecule has 0 saturated carbocycles. The van der Waals surface area contributed by atoms with Crippen molar-refractivity contribution in [2.24, 2.45) is 5.73 Å². The van der Waals surface area contributed by atoms with Crippen molar-refractivity contribution in [2.45, 2.75) is 12.6 Å². The maximum absolute atomic E-state index is 12.4. The summed E-state index contributed by atoms with van der Waals surface area (Å²) in [4.78, 5) is 2.83. The molecule has 1 heterocycles. The van der Waals surface area contributed by atoms with Gasteiger partial charge in [-0.25, -0.2) is 0 Å². The number of rotatable bonds is 2. The molecular formula is C11H11F3N2. The molecule has 2 aromatic rings. The van der Waals surface area contributed by atoms with Crippen molar-refractivity contribution in [2.75, 3.05) is 6.54 Å². The van der Waals surface area contributed by atoms with Gasteiger partial charge in [-0.2, -0.15) is 13.2 Å². The third-order valence-electron chi connectivity index (χ3n) is 2.51. The Morgan fingerprint density at radius 3 is 2.62 bits per heavy atom. The van der Waals surface area contributed by atoms with Crippen LogP contribution in [0.5, 0.6) is 0 Å². The summed E-state index contributed by atoms with van der Waals surface area (Å²) in [5.41, 5.74) is 6.23. The normalized spacial score (nSPS) is 12.2. The van der Waals surface area contributed by atoms with Gasteiger partial charge in [-0.15, -0.1) is 0 Å². The molecule has 0 saturated heterocycles. The van der Waals surface area contributed by atoms with Crippen molar-refractivity contribution in [3.63, 3.8) is 0 Å². The number of hydrogen-bond acceptors (Lipinski definition) is 1. The summed E-state index contributed by atoms with van der Waals surface area (Å²) in [6, 6.07) is 3.70. The molecule has 0 bridgehead atoms.